The van der Waals surface area contributed by atoms with E-state index in [1.807, 2.05) is 25.1 Å². The summed E-state index contributed by atoms with van der Waals surface area (Å²) in [5.41, 5.74) is 1.87. The van der Waals surface area contributed by atoms with Crippen molar-refractivity contribution < 1.29 is 13.2 Å². The van der Waals surface area contributed by atoms with Crippen LogP contribution in [-0.2, 0) is 9.84 Å². The molecular weight excluding hydrogens is 296 g/mol. The highest BCUT2D eigenvalue weighted by Gasteiger charge is 2.07. The van der Waals surface area contributed by atoms with Gasteiger partial charge in [-0.25, -0.2) is 8.42 Å². The average molecular weight is 315 g/mol. The number of alkyl halides is 1. The molecular formula is C15H19ClO3S. The molecule has 1 aromatic carbocycles. The van der Waals surface area contributed by atoms with E-state index < -0.39 is 9.84 Å². The predicted molar refractivity (Wildman–Crippen MR) is 83.2 cm³/mol. The normalized spacial score (nSPS) is 10.8. The maximum atomic E-state index is 11.3. The van der Waals surface area contributed by atoms with Crippen molar-refractivity contribution in [2.75, 3.05) is 24.0 Å². The second-order valence-electron chi connectivity index (χ2n) is 4.35. The van der Waals surface area contributed by atoms with E-state index in [-0.39, 0.29) is 11.5 Å². The summed E-state index contributed by atoms with van der Waals surface area (Å²) < 4.78 is 28.3. The van der Waals surface area contributed by atoms with Crippen LogP contribution in [0.15, 0.2) is 18.2 Å². The van der Waals surface area contributed by atoms with Gasteiger partial charge in [-0.1, -0.05) is 18.8 Å². The summed E-state index contributed by atoms with van der Waals surface area (Å²) in [4.78, 5) is 0. The predicted octanol–water partition coefficient (Wildman–Crippen LogP) is 2.79. The highest BCUT2D eigenvalue weighted by atomic mass is 35.5. The monoisotopic (exact) mass is 314 g/mol. The zero-order valence-corrected chi connectivity index (χ0v) is 13.4. The first-order chi connectivity index (χ1) is 9.48. The van der Waals surface area contributed by atoms with Gasteiger partial charge in [0.25, 0.3) is 0 Å². The van der Waals surface area contributed by atoms with Crippen LogP contribution in [-0.4, -0.2) is 32.4 Å². The third kappa shape index (κ3) is 5.85. The van der Waals surface area contributed by atoms with E-state index in [0.717, 1.165) is 16.9 Å². The Morgan fingerprint density at radius 3 is 2.70 bits per heavy atom. The quantitative estimate of drug-likeness (QED) is 0.461. The van der Waals surface area contributed by atoms with Crippen molar-refractivity contribution in [3.05, 3.63) is 29.3 Å². The lowest BCUT2D eigenvalue weighted by Gasteiger charge is -2.09. The van der Waals surface area contributed by atoms with Gasteiger partial charge in [-0.3, -0.25) is 0 Å². The van der Waals surface area contributed by atoms with Crippen molar-refractivity contribution in [1.82, 2.24) is 0 Å². The van der Waals surface area contributed by atoms with Gasteiger partial charge in [0.05, 0.1) is 18.2 Å². The molecule has 0 aliphatic rings. The fourth-order valence-electron chi connectivity index (χ4n) is 1.63. The van der Waals surface area contributed by atoms with Crippen LogP contribution in [0.2, 0.25) is 0 Å². The van der Waals surface area contributed by atoms with Gasteiger partial charge in [-0.15, -0.1) is 11.6 Å². The molecule has 110 valence electrons. The van der Waals surface area contributed by atoms with Crippen LogP contribution < -0.4 is 4.74 Å². The van der Waals surface area contributed by atoms with E-state index in [9.17, 15) is 8.42 Å². The highest BCUT2D eigenvalue weighted by molar-refractivity contribution is 7.91. The number of aryl methyl sites for hydroxylation is 1. The Labute approximate surface area is 126 Å². The Morgan fingerprint density at radius 2 is 2.10 bits per heavy atom. The standard InChI is InChI=1S/C15H19ClO3S/c1-3-20(17,18)11-5-10-19-15-8-7-14(6-4-9-16)12-13(15)2/h7-8,12H,3,5,9-11H2,1-2H3. The Bertz CT molecular complexity index is 597. The van der Waals surface area contributed by atoms with Gasteiger partial charge in [0.2, 0.25) is 0 Å². The number of ether oxygens (including phenoxy) is 1. The molecule has 0 saturated carbocycles. The number of benzene rings is 1. The van der Waals surface area contributed by atoms with Gasteiger partial charge < -0.3 is 4.74 Å². The molecule has 0 aliphatic carbocycles. The summed E-state index contributed by atoms with van der Waals surface area (Å²) in [6.45, 7) is 3.98. The molecule has 0 amide bonds. The number of hydrogen-bond donors (Lipinski definition) is 0. The van der Waals surface area contributed by atoms with E-state index >= 15 is 0 Å². The lowest BCUT2D eigenvalue weighted by molar-refractivity contribution is 0.315. The van der Waals surface area contributed by atoms with E-state index in [4.69, 9.17) is 16.3 Å². The molecule has 0 heterocycles. The second kappa shape index (κ2) is 8.18. The second-order valence-corrected chi connectivity index (χ2v) is 7.09. The minimum atomic E-state index is -2.91. The van der Waals surface area contributed by atoms with Crippen molar-refractivity contribution in [2.24, 2.45) is 0 Å². The number of sulfone groups is 1. The molecule has 0 unspecified atom stereocenters. The van der Waals surface area contributed by atoms with Gasteiger partial charge in [-0.2, -0.15) is 0 Å². The largest absolute Gasteiger partial charge is 0.493 e. The van der Waals surface area contributed by atoms with E-state index in [1.54, 1.807) is 6.92 Å². The molecule has 0 aromatic heterocycles. The van der Waals surface area contributed by atoms with Crippen molar-refractivity contribution in [2.45, 2.75) is 20.3 Å². The van der Waals surface area contributed by atoms with Crippen LogP contribution >= 0.6 is 11.6 Å². The third-order valence-corrected chi connectivity index (χ3v) is 4.70. The molecule has 1 aromatic rings. The first kappa shape index (κ1) is 16.9. The van der Waals surface area contributed by atoms with Gasteiger partial charge in [0.15, 0.2) is 0 Å². The van der Waals surface area contributed by atoms with Crippen LogP contribution in [0.4, 0.5) is 0 Å². The molecule has 1 rings (SSSR count). The minimum absolute atomic E-state index is 0.168. The zero-order valence-electron chi connectivity index (χ0n) is 11.8. The first-order valence-corrected chi connectivity index (χ1v) is 8.83. The van der Waals surface area contributed by atoms with Crippen molar-refractivity contribution in [3.8, 4) is 17.6 Å². The average Bonchev–Trinajstić information content (AvgIpc) is 2.43. The highest BCUT2D eigenvalue weighted by Crippen LogP contribution is 2.19. The molecule has 0 radical (unpaired) electrons. The smallest absolute Gasteiger partial charge is 0.150 e. The lowest BCUT2D eigenvalue weighted by atomic mass is 10.1. The lowest BCUT2D eigenvalue weighted by Crippen LogP contribution is -2.12. The maximum Gasteiger partial charge on any atom is 0.150 e. The first-order valence-electron chi connectivity index (χ1n) is 6.47. The summed E-state index contributed by atoms with van der Waals surface area (Å²) in [5, 5.41) is 0. The Morgan fingerprint density at radius 1 is 1.35 bits per heavy atom. The van der Waals surface area contributed by atoms with Crippen LogP contribution in [0.5, 0.6) is 5.75 Å². The maximum absolute atomic E-state index is 11.3. The van der Waals surface area contributed by atoms with Crippen LogP contribution in [0.3, 0.4) is 0 Å². The van der Waals surface area contributed by atoms with Crippen LogP contribution in [0.1, 0.15) is 24.5 Å². The van der Waals surface area contributed by atoms with Crippen molar-refractivity contribution in [3.63, 3.8) is 0 Å². The summed E-state index contributed by atoms with van der Waals surface area (Å²) in [5.74, 6) is 7.15. The van der Waals surface area contributed by atoms with Crippen molar-refractivity contribution >= 4 is 21.4 Å². The molecule has 0 saturated heterocycles. The van der Waals surface area contributed by atoms with Gasteiger partial charge >= 0.3 is 0 Å². The molecule has 5 heteroatoms. The summed E-state index contributed by atoms with van der Waals surface area (Å²) >= 11 is 5.51. The van der Waals surface area contributed by atoms with Gasteiger partial charge in [0, 0.05) is 11.3 Å². The molecule has 3 nitrogen and oxygen atoms in total. The number of hydrogen-bond acceptors (Lipinski definition) is 3. The molecule has 0 bridgehead atoms. The molecule has 0 atom stereocenters. The van der Waals surface area contributed by atoms with Crippen LogP contribution in [0, 0.1) is 18.8 Å². The fraction of sp³-hybridized carbons (Fsp3) is 0.467. The zero-order chi connectivity index (χ0) is 15.0. The Hall–Kier alpha value is -1.18. The fourth-order valence-corrected chi connectivity index (χ4v) is 2.54. The Balaban J connectivity index is 2.53. The molecule has 0 spiro atoms. The summed E-state index contributed by atoms with van der Waals surface area (Å²) in [7, 11) is -2.91. The van der Waals surface area contributed by atoms with Crippen LogP contribution in [0.25, 0.3) is 0 Å². The summed E-state index contributed by atoms with van der Waals surface area (Å²) in [6, 6.07) is 5.64. The molecule has 0 aliphatic heterocycles. The van der Waals surface area contributed by atoms with Gasteiger partial charge in [0.1, 0.15) is 15.6 Å². The molecule has 20 heavy (non-hydrogen) atoms. The van der Waals surface area contributed by atoms with E-state index in [0.29, 0.717) is 18.9 Å². The molecule has 0 N–H and O–H groups in total. The third-order valence-electron chi connectivity index (χ3n) is 2.77. The SMILES string of the molecule is CCS(=O)(=O)CCCOc1ccc(C#CCCl)cc1C. The topological polar surface area (TPSA) is 43.4 Å². The Kier molecular flexibility index (Phi) is 6.90. The summed E-state index contributed by atoms with van der Waals surface area (Å²) in [6.07, 6.45) is 0.503. The van der Waals surface area contributed by atoms with Crippen molar-refractivity contribution in [1.29, 1.82) is 0 Å². The number of rotatable bonds is 6. The number of halogens is 1. The molecule has 0 fully saturated rings. The minimum Gasteiger partial charge on any atom is -0.493 e. The van der Waals surface area contributed by atoms with E-state index in [2.05, 4.69) is 11.8 Å². The van der Waals surface area contributed by atoms with Gasteiger partial charge in [-0.05, 0) is 37.1 Å². The van der Waals surface area contributed by atoms with E-state index in [1.165, 1.54) is 0 Å².